The van der Waals surface area contributed by atoms with Crippen LogP contribution in [0.5, 0.6) is 11.5 Å². The summed E-state index contributed by atoms with van der Waals surface area (Å²) in [6.07, 6.45) is 0.252. The predicted molar refractivity (Wildman–Crippen MR) is 66.5 cm³/mol. The second kappa shape index (κ2) is 4.97. The standard InChI is InChI=1S/C13H15NO5/c15-4-3-9-6-14(13(16)17-7-9)10-1-2-11-12(5-10)19-8-18-11/h1-2,5,9,15H,3-4,6-8H2. The van der Waals surface area contributed by atoms with Gasteiger partial charge in [0.2, 0.25) is 6.79 Å². The fourth-order valence-corrected chi connectivity index (χ4v) is 2.27. The number of carbonyl (C=O) groups is 1. The molecule has 1 unspecified atom stereocenters. The Balaban J connectivity index is 1.81. The van der Waals surface area contributed by atoms with Crippen molar-refractivity contribution < 1.29 is 24.1 Å². The zero-order valence-electron chi connectivity index (χ0n) is 10.4. The molecular weight excluding hydrogens is 250 g/mol. The number of cyclic esters (lactones) is 1. The fourth-order valence-electron chi connectivity index (χ4n) is 2.27. The highest BCUT2D eigenvalue weighted by atomic mass is 16.7. The van der Waals surface area contributed by atoms with Crippen LogP contribution in [-0.2, 0) is 4.74 Å². The number of fused-ring (bicyclic) bond motifs is 1. The van der Waals surface area contributed by atoms with E-state index in [4.69, 9.17) is 19.3 Å². The van der Waals surface area contributed by atoms with Gasteiger partial charge in [-0.25, -0.2) is 4.79 Å². The molecule has 1 saturated heterocycles. The van der Waals surface area contributed by atoms with Crippen LogP contribution >= 0.6 is 0 Å². The molecule has 0 aromatic heterocycles. The summed E-state index contributed by atoms with van der Waals surface area (Å²) in [7, 11) is 0. The van der Waals surface area contributed by atoms with Crippen LogP contribution in [0.25, 0.3) is 0 Å². The number of ether oxygens (including phenoxy) is 3. The van der Waals surface area contributed by atoms with E-state index in [0.29, 0.717) is 31.1 Å². The molecule has 1 atom stereocenters. The van der Waals surface area contributed by atoms with Gasteiger partial charge in [0.25, 0.3) is 0 Å². The van der Waals surface area contributed by atoms with Crippen molar-refractivity contribution in [3.63, 3.8) is 0 Å². The van der Waals surface area contributed by atoms with Crippen LogP contribution in [0.1, 0.15) is 6.42 Å². The Hall–Kier alpha value is -1.95. The van der Waals surface area contributed by atoms with Crippen LogP contribution < -0.4 is 14.4 Å². The highest BCUT2D eigenvalue weighted by Crippen LogP contribution is 2.36. The lowest BCUT2D eigenvalue weighted by Crippen LogP contribution is -2.43. The third-order valence-electron chi connectivity index (χ3n) is 3.31. The highest BCUT2D eigenvalue weighted by molar-refractivity contribution is 5.88. The average Bonchev–Trinajstić information content (AvgIpc) is 2.88. The maximum Gasteiger partial charge on any atom is 0.414 e. The first-order valence-corrected chi connectivity index (χ1v) is 6.22. The van der Waals surface area contributed by atoms with Gasteiger partial charge >= 0.3 is 6.09 Å². The summed E-state index contributed by atoms with van der Waals surface area (Å²) in [6.45, 7) is 1.20. The molecule has 1 aromatic carbocycles. The van der Waals surface area contributed by atoms with Crippen LogP contribution in [0.2, 0.25) is 0 Å². The van der Waals surface area contributed by atoms with Gasteiger partial charge in [-0.2, -0.15) is 0 Å². The van der Waals surface area contributed by atoms with Gasteiger partial charge in [0.1, 0.15) is 0 Å². The smallest absolute Gasteiger partial charge is 0.414 e. The molecule has 2 heterocycles. The van der Waals surface area contributed by atoms with Crippen molar-refractivity contribution in [2.24, 2.45) is 5.92 Å². The van der Waals surface area contributed by atoms with Crippen LogP contribution in [0, 0.1) is 5.92 Å². The molecule has 2 aliphatic heterocycles. The van der Waals surface area contributed by atoms with Crippen molar-refractivity contribution in [2.45, 2.75) is 6.42 Å². The molecule has 1 N–H and O–H groups in total. The number of rotatable bonds is 3. The summed E-state index contributed by atoms with van der Waals surface area (Å²) >= 11 is 0. The Kier molecular flexibility index (Phi) is 3.16. The molecule has 1 fully saturated rings. The van der Waals surface area contributed by atoms with Gasteiger partial charge in [0, 0.05) is 25.1 Å². The van der Waals surface area contributed by atoms with Crippen molar-refractivity contribution >= 4 is 11.8 Å². The minimum atomic E-state index is -0.368. The first kappa shape index (κ1) is 12.1. The summed E-state index contributed by atoms with van der Waals surface area (Å²) in [5.41, 5.74) is 0.719. The third-order valence-corrected chi connectivity index (χ3v) is 3.31. The predicted octanol–water partition coefficient (Wildman–Crippen LogP) is 1.37. The van der Waals surface area contributed by atoms with E-state index in [1.165, 1.54) is 0 Å². The number of hydrogen-bond donors (Lipinski definition) is 1. The summed E-state index contributed by atoms with van der Waals surface area (Å²) in [6, 6.07) is 5.35. The van der Waals surface area contributed by atoms with Gasteiger partial charge in [-0.3, -0.25) is 4.90 Å². The number of amides is 1. The van der Waals surface area contributed by atoms with Crippen molar-refractivity contribution in [2.75, 3.05) is 31.5 Å². The Morgan fingerprint density at radius 1 is 1.26 bits per heavy atom. The van der Waals surface area contributed by atoms with E-state index in [9.17, 15) is 4.79 Å². The first-order valence-electron chi connectivity index (χ1n) is 6.22. The topological polar surface area (TPSA) is 68.2 Å². The van der Waals surface area contributed by atoms with E-state index >= 15 is 0 Å². The molecule has 1 aromatic rings. The molecule has 3 rings (SSSR count). The molecule has 0 aliphatic carbocycles. The molecule has 102 valence electrons. The van der Waals surface area contributed by atoms with Crippen LogP contribution in [-0.4, -0.2) is 37.8 Å². The van der Waals surface area contributed by atoms with Crippen LogP contribution in [0.4, 0.5) is 10.5 Å². The molecule has 6 heteroatoms. The van der Waals surface area contributed by atoms with Crippen molar-refractivity contribution in [3.05, 3.63) is 18.2 Å². The molecule has 0 bridgehead atoms. The molecule has 1 amide bonds. The lowest BCUT2D eigenvalue weighted by molar-refractivity contribution is 0.104. The zero-order valence-corrected chi connectivity index (χ0v) is 10.4. The Morgan fingerprint density at radius 2 is 2.11 bits per heavy atom. The van der Waals surface area contributed by atoms with E-state index in [2.05, 4.69) is 0 Å². The lowest BCUT2D eigenvalue weighted by atomic mass is 10.1. The molecule has 2 aliphatic rings. The molecule has 0 spiro atoms. The largest absolute Gasteiger partial charge is 0.454 e. The number of carbonyl (C=O) groups excluding carboxylic acids is 1. The normalized spacial score (nSPS) is 21.4. The lowest BCUT2D eigenvalue weighted by Gasteiger charge is -2.32. The van der Waals surface area contributed by atoms with Gasteiger partial charge in [0.15, 0.2) is 11.5 Å². The van der Waals surface area contributed by atoms with Gasteiger partial charge in [-0.1, -0.05) is 0 Å². The summed E-state index contributed by atoms with van der Waals surface area (Å²) in [5.74, 6) is 1.46. The Morgan fingerprint density at radius 3 is 2.95 bits per heavy atom. The number of nitrogens with zero attached hydrogens (tertiary/aromatic N) is 1. The average molecular weight is 265 g/mol. The first-order chi connectivity index (χ1) is 9.28. The van der Waals surface area contributed by atoms with Gasteiger partial charge in [-0.05, 0) is 18.6 Å². The number of benzene rings is 1. The second-order valence-electron chi connectivity index (χ2n) is 4.60. The van der Waals surface area contributed by atoms with Crippen LogP contribution in [0.15, 0.2) is 18.2 Å². The molecular formula is C13H15NO5. The molecule has 0 radical (unpaired) electrons. The van der Waals surface area contributed by atoms with E-state index < -0.39 is 0 Å². The van der Waals surface area contributed by atoms with Gasteiger partial charge in [-0.15, -0.1) is 0 Å². The fraction of sp³-hybridized carbons (Fsp3) is 0.462. The maximum atomic E-state index is 11.8. The summed E-state index contributed by atoms with van der Waals surface area (Å²) in [5, 5.41) is 8.97. The van der Waals surface area contributed by atoms with Gasteiger partial charge in [0.05, 0.1) is 12.3 Å². The minimum Gasteiger partial charge on any atom is -0.454 e. The monoisotopic (exact) mass is 265 g/mol. The zero-order chi connectivity index (χ0) is 13.2. The maximum absolute atomic E-state index is 11.8. The second-order valence-corrected chi connectivity index (χ2v) is 4.60. The molecule has 6 nitrogen and oxygen atoms in total. The number of aliphatic hydroxyl groups excluding tert-OH is 1. The van der Waals surface area contributed by atoms with E-state index in [1.807, 2.05) is 0 Å². The van der Waals surface area contributed by atoms with Gasteiger partial charge < -0.3 is 19.3 Å². The summed E-state index contributed by atoms with van der Waals surface area (Å²) in [4.78, 5) is 13.4. The van der Waals surface area contributed by atoms with Crippen molar-refractivity contribution in [3.8, 4) is 11.5 Å². The van der Waals surface area contributed by atoms with Crippen LogP contribution in [0.3, 0.4) is 0 Å². The highest BCUT2D eigenvalue weighted by Gasteiger charge is 2.29. The van der Waals surface area contributed by atoms with Crippen molar-refractivity contribution in [1.82, 2.24) is 0 Å². The SMILES string of the molecule is O=C1OCC(CCO)CN1c1ccc2c(c1)OCO2. The third kappa shape index (κ3) is 2.31. The number of anilines is 1. The summed E-state index contributed by atoms with van der Waals surface area (Å²) < 4.78 is 15.7. The molecule has 19 heavy (non-hydrogen) atoms. The van der Waals surface area contributed by atoms with E-state index in [1.54, 1.807) is 23.1 Å². The minimum absolute atomic E-state index is 0.0944. The Bertz CT molecular complexity index is 490. The quantitative estimate of drug-likeness (QED) is 0.894. The number of hydrogen-bond acceptors (Lipinski definition) is 5. The van der Waals surface area contributed by atoms with Crippen molar-refractivity contribution in [1.29, 1.82) is 0 Å². The van der Waals surface area contributed by atoms with E-state index in [0.717, 1.165) is 5.69 Å². The number of aliphatic hydroxyl groups is 1. The van der Waals surface area contributed by atoms with E-state index in [-0.39, 0.29) is 25.4 Å². The molecule has 0 saturated carbocycles. The Labute approximate surface area is 110 Å².